The van der Waals surface area contributed by atoms with E-state index in [1.165, 1.54) is 0 Å². The zero-order valence-electron chi connectivity index (χ0n) is 13.7. The van der Waals surface area contributed by atoms with Crippen LogP contribution >= 0.6 is 15.9 Å². The first-order valence-corrected chi connectivity index (χ1v) is 9.03. The Labute approximate surface area is 150 Å². The van der Waals surface area contributed by atoms with Crippen molar-refractivity contribution in [2.24, 2.45) is 0 Å². The van der Waals surface area contributed by atoms with Gasteiger partial charge in [-0.3, -0.25) is 4.79 Å². The summed E-state index contributed by atoms with van der Waals surface area (Å²) in [5.74, 6) is 1.23. The number of aromatic nitrogens is 2. The van der Waals surface area contributed by atoms with Crippen molar-refractivity contribution in [3.8, 4) is 11.4 Å². The van der Waals surface area contributed by atoms with Crippen LogP contribution < -0.4 is 0 Å². The van der Waals surface area contributed by atoms with Crippen LogP contribution in [0, 0.1) is 0 Å². The third kappa shape index (κ3) is 4.21. The lowest BCUT2D eigenvalue weighted by molar-refractivity contribution is -0.132. The number of amides is 1. The molecule has 0 bridgehead atoms. The summed E-state index contributed by atoms with van der Waals surface area (Å²) in [6, 6.07) is 7.73. The lowest BCUT2D eigenvalue weighted by atomic mass is 10.2. The van der Waals surface area contributed by atoms with Gasteiger partial charge >= 0.3 is 0 Å². The van der Waals surface area contributed by atoms with E-state index in [2.05, 4.69) is 37.9 Å². The molecule has 0 aliphatic carbocycles. The zero-order chi connectivity index (χ0) is 16.9. The number of likely N-dealkylation sites (N-methyl/N-ethyl adjacent to an activating group) is 1. The highest BCUT2D eigenvalue weighted by molar-refractivity contribution is 9.10. The number of nitrogens with zero attached hydrogens (tertiary/aromatic N) is 4. The first-order chi connectivity index (χ1) is 11.7. The number of piperazine rings is 1. The van der Waals surface area contributed by atoms with Gasteiger partial charge in [0.1, 0.15) is 0 Å². The van der Waals surface area contributed by atoms with Gasteiger partial charge in [0.05, 0.1) is 0 Å². The second kappa shape index (κ2) is 7.90. The maximum atomic E-state index is 12.3. The van der Waals surface area contributed by atoms with E-state index in [4.69, 9.17) is 4.52 Å². The van der Waals surface area contributed by atoms with Gasteiger partial charge in [-0.05, 0) is 30.8 Å². The van der Waals surface area contributed by atoms with Crippen molar-refractivity contribution >= 4 is 21.8 Å². The van der Waals surface area contributed by atoms with Crippen molar-refractivity contribution in [3.05, 3.63) is 34.6 Å². The highest BCUT2D eigenvalue weighted by Gasteiger charge is 2.20. The van der Waals surface area contributed by atoms with Crippen molar-refractivity contribution in [2.45, 2.75) is 19.8 Å². The molecule has 1 amide bonds. The molecule has 0 spiro atoms. The SMILES string of the molecule is CCN1CCN(C(=O)CCc2nc(-c3ccc(Br)cc3)no2)CC1. The van der Waals surface area contributed by atoms with Crippen molar-refractivity contribution in [3.63, 3.8) is 0 Å². The third-order valence-corrected chi connectivity index (χ3v) is 4.82. The molecule has 7 heteroatoms. The largest absolute Gasteiger partial charge is 0.340 e. The molecule has 6 nitrogen and oxygen atoms in total. The molecule has 0 atom stereocenters. The molecular formula is C17H21BrN4O2. The first kappa shape index (κ1) is 17.1. The van der Waals surface area contributed by atoms with Gasteiger partial charge in [0.25, 0.3) is 0 Å². The Morgan fingerprint density at radius 3 is 2.58 bits per heavy atom. The number of hydrogen-bond donors (Lipinski definition) is 0. The number of rotatable bonds is 5. The lowest BCUT2D eigenvalue weighted by Gasteiger charge is -2.34. The summed E-state index contributed by atoms with van der Waals surface area (Å²) in [4.78, 5) is 21.0. The first-order valence-electron chi connectivity index (χ1n) is 8.24. The van der Waals surface area contributed by atoms with Gasteiger partial charge in [0.2, 0.25) is 17.6 Å². The number of carbonyl (C=O) groups is 1. The van der Waals surface area contributed by atoms with E-state index in [0.29, 0.717) is 24.6 Å². The standard InChI is InChI=1S/C17H21BrN4O2/c1-2-21-9-11-22(12-10-21)16(23)8-7-15-19-17(20-24-15)13-3-5-14(18)6-4-13/h3-6H,2,7-12H2,1H3. The van der Waals surface area contributed by atoms with E-state index in [9.17, 15) is 4.79 Å². The number of hydrogen-bond acceptors (Lipinski definition) is 5. The van der Waals surface area contributed by atoms with Crippen LogP contribution in [0.2, 0.25) is 0 Å². The van der Waals surface area contributed by atoms with Crippen molar-refractivity contribution in [2.75, 3.05) is 32.7 Å². The molecule has 2 aromatic rings. The highest BCUT2D eigenvalue weighted by Crippen LogP contribution is 2.19. The summed E-state index contributed by atoms with van der Waals surface area (Å²) in [6.07, 6.45) is 0.893. The molecule has 0 N–H and O–H groups in total. The summed E-state index contributed by atoms with van der Waals surface area (Å²) in [7, 11) is 0. The molecule has 1 fully saturated rings. The summed E-state index contributed by atoms with van der Waals surface area (Å²) >= 11 is 3.40. The summed E-state index contributed by atoms with van der Waals surface area (Å²) < 4.78 is 6.27. The predicted octanol–water partition coefficient (Wildman–Crippen LogP) is 2.60. The van der Waals surface area contributed by atoms with Crippen LogP contribution in [-0.4, -0.2) is 58.6 Å². The smallest absolute Gasteiger partial charge is 0.227 e. The molecule has 2 heterocycles. The minimum atomic E-state index is 0.161. The van der Waals surface area contributed by atoms with E-state index >= 15 is 0 Å². The van der Waals surface area contributed by atoms with E-state index in [1.807, 2.05) is 29.2 Å². The molecule has 24 heavy (non-hydrogen) atoms. The van der Waals surface area contributed by atoms with Gasteiger partial charge in [-0.2, -0.15) is 4.98 Å². The van der Waals surface area contributed by atoms with Crippen LogP contribution in [0.4, 0.5) is 0 Å². The molecule has 0 unspecified atom stereocenters. The molecule has 1 aromatic carbocycles. The molecule has 3 rings (SSSR count). The Kier molecular flexibility index (Phi) is 5.63. The summed E-state index contributed by atoms with van der Waals surface area (Å²) in [6.45, 7) is 6.72. The predicted molar refractivity (Wildman–Crippen MR) is 94.4 cm³/mol. The number of carbonyl (C=O) groups excluding carboxylic acids is 1. The molecule has 0 saturated carbocycles. The maximum absolute atomic E-state index is 12.3. The van der Waals surface area contributed by atoms with Crippen LogP contribution in [-0.2, 0) is 11.2 Å². The average molecular weight is 393 g/mol. The monoisotopic (exact) mass is 392 g/mol. The number of halogens is 1. The zero-order valence-corrected chi connectivity index (χ0v) is 15.3. The van der Waals surface area contributed by atoms with Crippen molar-refractivity contribution in [1.29, 1.82) is 0 Å². The lowest BCUT2D eigenvalue weighted by Crippen LogP contribution is -2.48. The van der Waals surface area contributed by atoms with Crippen LogP contribution in [0.3, 0.4) is 0 Å². The minimum Gasteiger partial charge on any atom is -0.340 e. The highest BCUT2D eigenvalue weighted by atomic mass is 79.9. The van der Waals surface area contributed by atoms with Gasteiger partial charge in [-0.1, -0.05) is 28.0 Å². The number of aryl methyl sites for hydroxylation is 1. The van der Waals surface area contributed by atoms with Crippen LogP contribution in [0.15, 0.2) is 33.3 Å². The summed E-state index contributed by atoms with van der Waals surface area (Å²) in [5.41, 5.74) is 0.898. The van der Waals surface area contributed by atoms with E-state index in [1.54, 1.807) is 0 Å². The van der Waals surface area contributed by atoms with Crippen molar-refractivity contribution in [1.82, 2.24) is 19.9 Å². The molecule has 1 aliphatic heterocycles. The van der Waals surface area contributed by atoms with E-state index < -0.39 is 0 Å². The molecular weight excluding hydrogens is 372 g/mol. The topological polar surface area (TPSA) is 62.5 Å². The molecule has 128 valence electrons. The van der Waals surface area contributed by atoms with Gasteiger partial charge < -0.3 is 14.3 Å². The van der Waals surface area contributed by atoms with Crippen LogP contribution in [0.1, 0.15) is 19.2 Å². The van der Waals surface area contributed by atoms with Crippen LogP contribution in [0.25, 0.3) is 11.4 Å². The van der Waals surface area contributed by atoms with Gasteiger partial charge in [-0.25, -0.2) is 0 Å². The van der Waals surface area contributed by atoms with E-state index in [-0.39, 0.29) is 5.91 Å². The fourth-order valence-corrected chi connectivity index (χ4v) is 3.02. The quantitative estimate of drug-likeness (QED) is 0.782. The molecule has 0 radical (unpaired) electrons. The molecule has 1 aromatic heterocycles. The van der Waals surface area contributed by atoms with E-state index in [0.717, 1.165) is 42.8 Å². The Bertz CT molecular complexity index is 678. The second-order valence-electron chi connectivity index (χ2n) is 5.83. The third-order valence-electron chi connectivity index (χ3n) is 4.30. The van der Waals surface area contributed by atoms with Gasteiger partial charge in [-0.15, -0.1) is 0 Å². The minimum absolute atomic E-state index is 0.161. The fraction of sp³-hybridized carbons (Fsp3) is 0.471. The Balaban J connectivity index is 1.52. The maximum Gasteiger partial charge on any atom is 0.227 e. The number of benzene rings is 1. The van der Waals surface area contributed by atoms with Gasteiger partial charge in [0, 0.05) is 49.1 Å². The Morgan fingerprint density at radius 2 is 1.92 bits per heavy atom. The van der Waals surface area contributed by atoms with Crippen molar-refractivity contribution < 1.29 is 9.32 Å². The molecule has 1 saturated heterocycles. The average Bonchev–Trinajstić information content (AvgIpc) is 3.09. The Morgan fingerprint density at radius 1 is 1.21 bits per heavy atom. The van der Waals surface area contributed by atoms with Crippen LogP contribution in [0.5, 0.6) is 0 Å². The fourth-order valence-electron chi connectivity index (χ4n) is 2.76. The Hall–Kier alpha value is -1.73. The van der Waals surface area contributed by atoms with Gasteiger partial charge in [0.15, 0.2) is 0 Å². The normalized spacial score (nSPS) is 15.7. The summed E-state index contributed by atoms with van der Waals surface area (Å²) in [5, 5.41) is 3.99. The molecule has 1 aliphatic rings. The second-order valence-corrected chi connectivity index (χ2v) is 6.75.